The maximum Gasteiger partial charge on any atom is 0.414 e. The van der Waals surface area contributed by atoms with E-state index in [1.807, 2.05) is 6.92 Å². The quantitative estimate of drug-likeness (QED) is 0.602. The zero-order chi connectivity index (χ0) is 19.4. The first-order valence-electron chi connectivity index (χ1n) is 7.68. The van der Waals surface area contributed by atoms with Gasteiger partial charge in [0.05, 0.1) is 10.6 Å². The molecule has 0 spiro atoms. The zero-order valence-corrected chi connectivity index (χ0v) is 15.5. The van der Waals surface area contributed by atoms with Gasteiger partial charge in [0.25, 0.3) is 5.69 Å². The summed E-state index contributed by atoms with van der Waals surface area (Å²) >= 11 is 0. The van der Waals surface area contributed by atoms with Crippen LogP contribution < -0.4 is 10.0 Å². The highest BCUT2D eigenvalue weighted by atomic mass is 32.2. The minimum absolute atomic E-state index is 0.0456. The van der Waals surface area contributed by atoms with Gasteiger partial charge in [-0.2, -0.15) is 0 Å². The first-order chi connectivity index (χ1) is 11.4. The molecule has 0 aliphatic carbocycles. The van der Waals surface area contributed by atoms with E-state index in [4.69, 9.17) is 9.88 Å². The molecule has 0 aliphatic heterocycles. The van der Waals surface area contributed by atoms with Gasteiger partial charge in [-0.05, 0) is 33.3 Å². The molecule has 1 aromatic rings. The molecule has 0 atom stereocenters. The van der Waals surface area contributed by atoms with Crippen LogP contribution in [0.1, 0.15) is 40.5 Å². The van der Waals surface area contributed by atoms with Crippen molar-refractivity contribution < 1.29 is 22.9 Å². The third-order valence-corrected chi connectivity index (χ3v) is 4.04. The van der Waals surface area contributed by atoms with Crippen molar-refractivity contribution in [2.45, 2.75) is 51.0 Å². The summed E-state index contributed by atoms with van der Waals surface area (Å²) < 4.78 is 29.1. The van der Waals surface area contributed by atoms with E-state index in [2.05, 4.69) is 0 Å². The number of amides is 1. The molecule has 9 nitrogen and oxygen atoms in total. The van der Waals surface area contributed by atoms with E-state index in [0.29, 0.717) is 6.42 Å². The number of primary sulfonamides is 1. The second-order valence-corrected chi connectivity index (χ2v) is 7.97. The summed E-state index contributed by atoms with van der Waals surface area (Å²) in [7, 11) is -4.29. The number of carbonyl (C=O) groups excluding carboxylic acids is 1. The van der Waals surface area contributed by atoms with Gasteiger partial charge in [-0.15, -0.1) is 0 Å². The number of nitro benzene ring substituents is 1. The van der Waals surface area contributed by atoms with Crippen LogP contribution in [0.5, 0.6) is 0 Å². The van der Waals surface area contributed by atoms with E-state index in [0.717, 1.165) is 23.5 Å². The number of nitrogens with two attached hydrogens (primary N) is 1. The molecule has 0 fully saturated rings. The normalized spacial score (nSPS) is 11.9. The fraction of sp³-hybridized carbons (Fsp3) is 0.533. The van der Waals surface area contributed by atoms with Crippen LogP contribution in [0.2, 0.25) is 0 Å². The van der Waals surface area contributed by atoms with Crippen LogP contribution in [0.15, 0.2) is 23.1 Å². The molecule has 2 N–H and O–H groups in total. The van der Waals surface area contributed by atoms with Crippen LogP contribution in [0.4, 0.5) is 16.2 Å². The van der Waals surface area contributed by atoms with E-state index in [-0.39, 0.29) is 12.2 Å². The summed E-state index contributed by atoms with van der Waals surface area (Å²) in [6.45, 7) is 7.13. The van der Waals surface area contributed by atoms with Crippen LogP contribution >= 0.6 is 0 Å². The highest BCUT2D eigenvalue weighted by Crippen LogP contribution is 2.30. The van der Waals surface area contributed by atoms with Crippen molar-refractivity contribution in [3.05, 3.63) is 28.3 Å². The van der Waals surface area contributed by atoms with Crippen molar-refractivity contribution in [2.75, 3.05) is 11.4 Å². The minimum atomic E-state index is -4.29. The van der Waals surface area contributed by atoms with Crippen molar-refractivity contribution in [2.24, 2.45) is 5.14 Å². The highest BCUT2D eigenvalue weighted by Gasteiger charge is 2.29. The first kappa shape index (κ1) is 20.8. The fourth-order valence-electron chi connectivity index (χ4n) is 2.01. The maximum atomic E-state index is 12.5. The number of carbonyl (C=O) groups is 1. The number of benzene rings is 1. The molecule has 0 unspecified atom stereocenters. The zero-order valence-electron chi connectivity index (χ0n) is 14.7. The van der Waals surface area contributed by atoms with Crippen LogP contribution in [0.3, 0.4) is 0 Å². The molecule has 0 saturated carbocycles. The van der Waals surface area contributed by atoms with E-state index in [9.17, 15) is 23.3 Å². The molecule has 0 bridgehead atoms. The minimum Gasteiger partial charge on any atom is -0.443 e. The lowest BCUT2D eigenvalue weighted by molar-refractivity contribution is -0.385. The number of sulfonamides is 1. The van der Waals surface area contributed by atoms with Crippen LogP contribution in [0, 0.1) is 10.1 Å². The lowest BCUT2D eigenvalue weighted by atomic mass is 10.2. The highest BCUT2D eigenvalue weighted by molar-refractivity contribution is 7.89. The van der Waals surface area contributed by atoms with Crippen LogP contribution in [-0.2, 0) is 14.8 Å². The maximum absolute atomic E-state index is 12.5. The number of nitrogens with zero attached hydrogens (tertiary/aromatic N) is 2. The number of ether oxygens (including phenoxy) is 1. The number of nitro groups is 1. The number of hydrogen-bond acceptors (Lipinski definition) is 6. The number of non-ortho nitro benzene ring substituents is 1. The molecule has 0 aromatic heterocycles. The molecular weight excluding hydrogens is 350 g/mol. The average Bonchev–Trinajstić information content (AvgIpc) is 2.44. The lowest BCUT2D eigenvalue weighted by Gasteiger charge is -2.28. The summed E-state index contributed by atoms with van der Waals surface area (Å²) in [5.41, 5.74) is -1.27. The van der Waals surface area contributed by atoms with Gasteiger partial charge in [-0.25, -0.2) is 18.4 Å². The Morgan fingerprint density at radius 2 is 1.96 bits per heavy atom. The number of unbranched alkanes of at least 4 members (excludes halogenated alkanes) is 1. The van der Waals surface area contributed by atoms with Gasteiger partial charge in [0, 0.05) is 18.7 Å². The topological polar surface area (TPSA) is 133 Å². The monoisotopic (exact) mass is 373 g/mol. The molecular formula is C15H23N3O6S. The molecule has 0 radical (unpaired) electrons. The molecule has 1 amide bonds. The Labute approximate surface area is 147 Å². The van der Waals surface area contributed by atoms with E-state index < -0.39 is 37.2 Å². The summed E-state index contributed by atoms with van der Waals surface area (Å²) in [6.07, 6.45) is 0.580. The number of hydrogen-bond donors (Lipinski definition) is 1. The SMILES string of the molecule is CCCCN(C(=O)OC(C)(C)C)c1ccc([N+](=O)[O-])cc1S(N)(=O)=O. The second-order valence-electron chi connectivity index (χ2n) is 6.44. The molecule has 0 saturated heterocycles. The molecule has 1 rings (SSSR count). The van der Waals surface area contributed by atoms with Crippen molar-refractivity contribution in [1.29, 1.82) is 0 Å². The number of rotatable bonds is 6. The molecule has 10 heteroatoms. The summed E-state index contributed by atoms with van der Waals surface area (Å²) in [5.74, 6) is 0. The molecule has 0 aliphatic rings. The Balaban J connectivity index is 3.47. The van der Waals surface area contributed by atoms with Gasteiger partial charge < -0.3 is 4.74 Å². The van der Waals surface area contributed by atoms with Gasteiger partial charge >= 0.3 is 6.09 Å². The third-order valence-electron chi connectivity index (χ3n) is 3.10. The van der Waals surface area contributed by atoms with Gasteiger partial charge in [0.15, 0.2) is 0 Å². The first-order valence-corrected chi connectivity index (χ1v) is 9.23. The van der Waals surface area contributed by atoms with Gasteiger partial charge in [0.2, 0.25) is 10.0 Å². The summed E-state index contributed by atoms with van der Waals surface area (Å²) in [4.78, 5) is 23.3. The molecule has 140 valence electrons. The Kier molecular flexibility index (Phi) is 6.49. The second kappa shape index (κ2) is 7.79. The Morgan fingerprint density at radius 3 is 2.40 bits per heavy atom. The van der Waals surface area contributed by atoms with Gasteiger partial charge in [-0.1, -0.05) is 13.3 Å². The van der Waals surface area contributed by atoms with E-state index >= 15 is 0 Å². The van der Waals surface area contributed by atoms with Crippen molar-refractivity contribution in [3.8, 4) is 0 Å². The van der Waals surface area contributed by atoms with E-state index in [1.165, 1.54) is 6.07 Å². The predicted octanol–water partition coefficient (Wildman–Crippen LogP) is 2.78. The van der Waals surface area contributed by atoms with Gasteiger partial charge in [-0.3, -0.25) is 15.0 Å². The van der Waals surface area contributed by atoms with Crippen molar-refractivity contribution in [1.82, 2.24) is 0 Å². The van der Waals surface area contributed by atoms with Crippen LogP contribution in [-0.4, -0.2) is 31.6 Å². The third kappa shape index (κ3) is 5.98. The number of anilines is 1. The van der Waals surface area contributed by atoms with E-state index in [1.54, 1.807) is 20.8 Å². The lowest BCUT2D eigenvalue weighted by Crippen LogP contribution is -2.38. The molecule has 0 heterocycles. The standard InChI is InChI=1S/C15H23N3O6S/c1-5-6-9-17(14(19)24-15(2,3)4)12-8-7-11(18(20)21)10-13(12)25(16,22)23/h7-8,10H,5-6,9H2,1-4H3,(H2,16,22,23). The Hall–Kier alpha value is -2.20. The smallest absolute Gasteiger partial charge is 0.414 e. The van der Waals surface area contributed by atoms with Crippen molar-refractivity contribution >= 4 is 27.5 Å². The average molecular weight is 373 g/mol. The Morgan fingerprint density at radius 1 is 1.36 bits per heavy atom. The summed E-state index contributed by atoms with van der Waals surface area (Å²) in [6, 6.07) is 3.15. The fourth-order valence-corrected chi connectivity index (χ4v) is 2.77. The Bertz CT molecular complexity index is 755. The summed E-state index contributed by atoms with van der Waals surface area (Å²) in [5, 5.41) is 16.1. The van der Waals surface area contributed by atoms with Gasteiger partial charge in [0.1, 0.15) is 10.5 Å². The van der Waals surface area contributed by atoms with Crippen molar-refractivity contribution in [3.63, 3.8) is 0 Å². The predicted molar refractivity (Wildman–Crippen MR) is 93.0 cm³/mol. The molecule has 25 heavy (non-hydrogen) atoms. The van der Waals surface area contributed by atoms with Crippen LogP contribution in [0.25, 0.3) is 0 Å². The largest absolute Gasteiger partial charge is 0.443 e. The molecule has 1 aromatic carbocycles.